The molecule has 0 radical (unpaired) electrons. The Kier molecular flexibility index (Phi) is 5.00. The predicted molar refractivity (Wildman–Crippen MR) is 95.0 cm³/mol. The fourth-order valence-electron chi connectivity index (χ4n) is 3.08. The SMILES string of the molecule is CCN(C(=O)Cn1cnc2cc(Cl)ccc2c1=O)C1=CCCCC1. The van der Waals surface area contributed by atoms with Crippen molar-refractivity contribution >= 4 is 28.4 Å². The van der Waals surface area contributed by atoms with Gasteiger partial charge in [0, 0.05) is 17.3 Å². The van der Waals surface area contributed by atoms with Crippen molar-refractivity contribution < 1.29 is 4.79 Å². The topological polar surface area (TPSA) is 55.2 Å². The van der Waals surface area contributed by atoms with Crippen molar-refractivity contribution in [3.8, 4) is 0 Å². The van der Waals surface area contributed by atoms with E-state index in [2.05, 4.69) is 11.1 Å². The number of carbonyl (C=O) groups excluding carboxylic acids is 1. The van der Waals surface area contributed by atoms with Gasteiger partial charge >= 0.3 is 0 Å². The van der Waals surface area contributed by atoms with Crippen LogP contribution in [0, 0.1) is 0 Å². The van der Waals surface area contributed by atoms with Crippen LogP contribution < -0.4 is 5.56 Å². The Morgan fingerprint density at radius 1 is 1.38 bits per heavy atom. The first-order chi connectivity index (χ1) is 11.6. The minimum absolute atomic E-state index is 0.00439. The molecule has 3 rings (SSSR count). The molecule has 5 nitrogen and oxygen atoms in total. The van der Waals surface area contributed by atoms with Gasteiger partial charge in [0.15, 0.2) is 0 Å². The van der Waals surface area contributed by atoms with Crippen molar-refractivity contribution in [2.24, 2.45) is 0 Å². The van der Waals surface area contributed by atoms with Crippen LogP contribution in [0.4, 0.5) is 0 Å². The Bertz CT molecular complexity index is 857. The number of fused-ring (bicyclic) bond motifs is 1. The van der Waals surface area contributed by atoms with Crippen molar-refractivity contribution in [2.75, 3.05) is 6.54 Å². The first kappa shape index (κ1) is 16.7. The molecular formula is C18H20ClN3O2. The van der Waals surface area contributed by atoms with Gasteiger partial charge in [0.05, 0.1) is 17.2 Å². The molecule has 0 saturated heterocycles. The number of hydrogen-bond donors (Lipinski definition) is 0. The van der Waals surface area contributed by atoms with Gasteiger partial charge < -0.3 is 4.90 Å². The molecule has 2 aromatic rings. The van der Waals surface area contributed by atoms with Crippen LogP contribution >= 0.6 is 11.6 Å². The van der Waals surface area contributed by atoms with E-state index in [0.717, 1.165) is 25.0 Å². The van der Waals surface area contributed by atoms with Gasteiger partial charge in [-0.05, 0) is 50.8 Å². The summed E-state index contributed by atoms with van der Waals surface area (Å²) in [5.74, 6) is -0.0807. The molecule has 0 saturated carbocycles. The van der Waals surface area contributed by atoms with Crippen LogP contribution in [-0.2, 0) is 11.3 Å². The first-order valence-corrected chi connectivity index (χ1v) is 8.62. The van der Waals surface area contributed by atoms with E-state index in [4.69, 9.17) is 11.6 Å². The molecule has 1 aliphatic rings. The van der Waals surface area contributed by atoms with Gasteiger partial charge in [-0.3, -0.25) is 14.2 Å². The predicted octanol–water partition coefficient (Wildman–Crippen LogP) is 3.36. The number of allylic oxidation sites excluding steroid dienone is 2. The maximum atomic E-state index is 12.7. The van der Waals surface area contributed by atoms with Crippen LogP contribution in [0.25, 0.3) is 10.9 Å². The lowest BCUT2D eigenvalue weighted by Crippen LogP contribution is -2.36. The molecule has 6 heteroatoms. The van der Waals surface area contributed by atoms with Gasteiger partial charge in [0.25, 0.3) is 5.56 Å². The maximum absolute atomic E-state index is 12.7. The highest BCUT2D eigenvalue weighted by atomic mass is 35.5. The standard InChI is InChI=1S/C18H20ClN3O2/c1-2-22(14-6-4-3-5-7-14)17(23)11-21-12-20-16-10-13(19)8-9-15(16)18(21)24/h6,8-10,12H,2-5,7,11H2,1H3. The Balaban J connectivity index is 1.87. The number of nitrogens with zero attached hydrogens (tertiary/aromatic N) is 3. The summed E-state index contributed by atoms with van der Waals surface area (Å²) in [5, 5.41) is 0.999. The summed E-state index contributed by atoms with van der Waals surface area (Å²) < 4.78 is 1.37. The van der Waals surface area contributed by atoms with Crippen molar-refractivity contribution in [3.05, 3.63) is 51.7 Å². The van der Waals surface area contributed by atoms with Gasteiger partial charge in [-0.15, -0.1) is 0 Å². The highest BCUT2D eigenvalue weighted by Gasteiger charge is 2.19. The van der Waals surface area contributed by atoms with Crippen molar-refractivity contribution in [2.45, 2.75) is 39.2 Å². The molecule has 0 atom stereocenters. The Morgan fingerprint density at radius 3 is 2.92 bits per heavy atom. The molecule has 1 aromatic carbocycles. The van der Waals surface area contributed by atoms with Crippen molar-refractivity contribution in [1.82, 2.24) is 14.5 Å². The van der Waals surface area contributed by atoms with E-state index < -0.39 is 0 Å². The molecule has 1 heterocycles. The molecule has 1 aromatic heterocycles. The smallest absolute Gasteiger partial charge is 0.261 e. The second-order valence-electron chi connectivity index (χ2n) is 5.92. The zero-order valence-corrected chi connectivity index (χ0v) is 14.4. The fourth-order valence-corrected chi connectivity index (χ4v) is 3.25. The first-order valence-electron chi connectivity index (χ1n) is 8.24. The average Bonchev–Trinajstić information content (AvgIpc) is 2.59. The highest BCUT2D eigenvalue weighted by Crippen LogP contribution is 2.21. The van der Waals surface area contributed by atoms with Crippen LogP contribution in [0.15, 0.2) is 41.1 Å². The molecule has 0 spiro atoms. The van der Waals surface area contributed by atoms with Crippen LogP contribution in [0.5, 0.6) is 0 Å². The molecule has 24 heavy (non-hydrogen) atoms. The van der Waals surface area contributed by atoms with E-state index in [9.17, 15) is 9.59 Å². The zero-order chi connectivity index (χ0) is 17.1. The molecule has 0 bridgehead atoms. The van der Waals surface area contributed by atoms with Crippen LogP contribution in [0.2, 0.25) is 5.02 Å². The monoisotopic (exact) mass is 345 g/mol. The molecular weight excluding hydrogens is 326 g/mol. The summed E-state index contributed by atoms with van der Waals surface area (Å²) >= 11 is 5.93. The molecule has 0 N–H and O–H groups in total. The van der Waals surface area contributed by atoms with Gasteiger partial charge in [-0.25, -0.2) is 4.98 Å². The Hall–Kier alpha value is -2.14. The number of amides is 1. The highest BCUT2D eigenvalue weighted by molar-refractivity contribution is 6.31. The summed E-state index contributed by atoms with van der Waals surface area (Å²) in [5.41, 5.74) is 1.39. The second kappa shape index (κ2) is 7.18. The molecule has 0 unspecified atom stereocenters. The number of rotatable bonds is 4. The summed E-state index contributed by atoms with van der Waals surface area (Å²) in [4.78, 5) is 31.2. The van der Waals surface area contributed by atoms with Gasteiger partial charge in [-0.2, -0.15) is 0 Å². The molecule has 0 fully saturated rings. The number of likely N-dealkylation sites (N-methyl/N-ethyl adjacent to an activating group) is 1. The lowest BCUT2D eigenvalue weighted by Gasteiger charge is -2.26. The lowest BCUT2D eigenvalue weighted by atomic mass is 10.0. The Morgan fingerprint density at radius 2 is 2.21 bits per heavy atom. The third-order valence-electron chi connectivity index (χ3n) is 4.32. The Labute approximate surface area is 145 Å². The third-order valence-corrected chi connectivity index (χ3v) is 4.56. The van der Waals surface area contributed by atoms with E-state index in [0.29, 0.717) is 22.5 Å². The van der Waals surface area contributed by atoms with E-state index in [-0.39, 0.29) is 18.0 Å². The molecule has 1 amide bonds. The van der Waals surface area contributed by atoms with E-state index in [1.165, 1.54) is 17.3 Å². The number of hydrogen-bond acceptors (Lipinski definition) is 3. The van der Waals surface area contributed by atoms with Crippen LogP contribution in [0.3, 0.4) is 0 Å². The summed E-state index contributed by atoms with van der Waals surface area (Å²) in [7, 11) is 0. The minimum Gasteiger partial charge on any atom is -0.315 e. The van der Waals surface area contributed by atoms with Crippen LogP contribution in [0.1, 0.15) is 32.6 Å². The normalized spacial score (nSPS) is 14.5. The maximum Gasteiger partial charge on any atom is 0.261 e. The zero-order valence-electron chi connectivity index (χ0n) is 13.7. The third kappa shape index (κ3) is 3.36. The average molecular weight is 346 g/mol. The minimum atomic E-state index is -0.223. The number of aromatic nitrogens is 2. The van der Waals surface area contributed by atoms with Gasteiger partial charge in [0.2, 0.25) is 5.91 Å². The van der Waals surface area contributed by atoms with Crippen molar-refractivity contribution in [3.63, 3.8) is 0 Å². The van der Waals surface area contributed by atoms with E-state index in [1.807, 2.05) is 6.92 Å². The number of halogens is 1. The van der Waals surface area contributed by atoms with Crippen LogP contribution in [-0.4, -0.2) is 26.9 Å². The molecule has 126 valence electrons. The largest absolute Gasteiger partial charge is 0.315 e. The number of carbonyl (C=O) groups is 1. The molecule has 0 aliphatic heterocycles. The summed E-state index contributed by atoms with van der Waals surface area (Å²) in [6.45, 7) is 2.56. The van der Waals surface area contributed by atoms with Gasteiger partial charge in [0.1, 0.15) is 6.54 Å². The lowest BCUT2D eigenvalue weighted by molar-refractivity contribution is -0.130. The molecule has 1 aliphatic carbocycles. The quantitative estimate of drug-likeness (QED) is 0.853. The summed E-state index contributed by atoms with van der Waals surface area (Å²) in [6, 6.07) is 4.95. The van der Waals surface area contributed by atoms with E-state index >= 15 is 0 Å². The fraction of sp³-hybridized carbons (Fsp3) is 0.389. The van der Waals surface area contributed by atoms with E-state index in [1.54, 1.807) is 23.1 Å². The van der Waals surface area contributed by atoms with Gasteiger partial charge in [-0.1, -0.05) is 17.7 Å². The number of benzene rings is 1. The summed E-state index contributed by atoms with van der Waals surface area (Å²) in [6.07, 6.45) is 7.76. The van der Waals surface area contributed by atoms with Crippen molar-refractivity contribution in [1.29, 1.82) is 0 Å². The second-order valence-corrected chi connectivity index (χ2v) is 6.35.